The van der Waals surface area contributed by atoms with Crippen molar-refractivity contribution in [3.8, 4) is 0 Å². The quantitative estimate of drug-likeness (QED) is 0.659. The molecule has 22 heavy (non-hydrogen) atoms. The van der Waals surface area contributed by atoms with Gasteiger partial charge in [-0.1, -0.05) is 52.9 Å². The first-order chi connectivity index (χ1) is 10.3. The second-order valence-corrected chi connectivity index (χ2v) is 7.31. The summed E-state index contributed by atoms with van der Waals surface area (Å²) in [5, 5.41) is 24.6. The van der Waals surface area contributed by atoms with Crippen LogP contribution in [0, 0.1) is 11.8 Å². The first kappa shape index (κ1) is 19.1. The molecule has 0 aliphatic heterocycles. The summed E-state index contributed by atoms with van der Waals surface area (Å²) in [5.41, 5.74) is -1.08. The fraction of sp³-hybridized carbons (Fsp3) is 0.882. The van der Waals surface area contributed by atoms with E-state index in [1.54, 1.807) is 17.9 Å². The molecule has 0 amide bonds. The Labute approximate surface area is 134 Å². The van der Waals surface area contributed by atoms with E-state index in [1.807, 2.05) is 0 Å². The van der Waals surface area contributed by atoms with Crippen LogP contribution in [-0.4, -0.2) is 36.7 Å². The Hall–Kier alpha value is -0.940. The third kappa shape index (κ3) is 7.36. The summed E-state index contributed by atoms with van der Waals surface area (Å²) in [6, 6.07) is 0. The maximum absolute atomic E-state index is 10.4. The maximum Gasteiger partial charge on any atom is 0.137 e. The second-order valence-electron chi connectivity index (χ2n) is 7.31. The lowest BCUT2D eigenvalue weighted by molar-refractivity contribution is -0.0765. The van der Waals surface area contributed by atoms with Crippen molar-refractivity contribution in [3.05, 3.63) is 12.7 Å². The van der Waals surface area contributed by atoms with Crippen molar-refractivity contribution < 1.29 is 10.2 Å². The molecule has 0 radical (unpaired) electrons. The number of nitrogens with zero attached hydrogens (tertiary/aromatic N) is 3. The van der Waals surface area contributed by atoms with Crippen LogP contribution >= 0.6 is 0 Å². The molecule has 5 heteroatoms. The van der Waals surface area contributed by atoms with E-state index in [1.165, 1.54) is 25.6 Å². The Bertz CT molecular complexity index is 391. The standard InChI is InChI=1S/C17H33N3O2/c1-14(2)7-5-8-15(3)9-6-10-17(4,22)16(21)11-20-13-18-12-19-20/h12-16,21-22H,5-11H2,1-4H3. The smallest absolute Gasteiger partial charge is 0.137 e. The third-order valence-corrected chi connectivity index (χ3v) is 4.40. The summed E-state index contributed by atoms with van der Waals surface area (Å²) in [5.74, 6) is 1.46. The van der Waals surface area contributed by atoms with Gasteiger partial charge in [0.1, 0.15) is 18.8 Å². The van der Waals surface area contributed by atoms with Gasteiger partial charge in [-0.2, -0.15) is 5.10 Å². The molecular weight excluding hydrogens is 278 g/mol. The van der Waals surface area contributed by atoms with Crippen molar-refractivity contribution in [2.45, 2.75) is 84.5 Å². The third-order valence-electron chi connectivity index (χ3n) is 4.40. The molecule has 0 aliphatic rings. The van der Waals surface area contributed by atoms with E-state index in [4.69, 9.17) is 0 Å². The summed E-state index contributed by atoms with van der Waals surface area (Å²) in [4.78, 5) is 3.84. The predicted octanol–water partition coefficient (Wildman–Crippen LogP) is 3.02. The van der Waals surface area contributed by atoms with Crippen LogP contribution in [0.3, 0.4) is 0 Å². The molecule has 1 heterocycles. The van der Waals surface area contributed by atoms with E-state index >= 15 is 0 Å². The van der Waals surface area contributed by atoms with Gasteiger partial charge in [-0.25, -0.2) is 4.98 Å². The van der Waals surface area contributed by atoms with Crippen LogP contribution < -0.4 is 0 Å². The van der Waals surface area contributed by atoms with Gasteiger partial charge in [0.05, 0.1) is 12.1 Å². The SMILES string of the molecule is CC(C)CCCC(C)CCCC(C)(O)C(O)Cn1cncn1. The minimum Gasteiger partial charge on any atom is -0.388 e. The highest BCUT2D eigenvalue weighted by Crippen LogP contribution is 2.23. The minimum atomic E-state index is -1.08. The molecule has 0 fully saturated rings. The normalized spacial score (nSPS) is 17.4. The molecule has 1 aromatic rings. The molecule has 1 aromatic heterocycles. The van der Waals surface area contributed by atoms with Gasteiger partial charge in [-0.05, 0) is 25.2 Å². The predicted molar refractivity (Wildman–Crippen MR) is 88.4 cm³/mol. The molecule has 0 aliphatic carbocycles. The average molecular weight is 311 g/mol. The lowest BCUT2D eigenvalue weighted by Gasteiger charge is -2.29. The number of hydrogen-bond donors (Lipinski definition) is 2. The summed E-state index contributed by atoms with van der Waals surface area (Å²) in [6.45, 7) is 8.78. The van der Waals surface area contributed by atoms with Crippen LogP contribution in [0.1, 0.15) is 66.2 Å². The zero-order valence-corrected chi connectivity index (χ0v) is 14.6. The number of aliphatic hydroxyl groups excluding tert-OH is 1. The van der Waals surface area contributed by atoms with Crippen LogP contribution in [0.15, 0.2) is 12.7 Å². The van der Waals surface area contributed by atoms with Crippen molar-refractivity contribution in [3.63, 3.8) is 0 Å². The Morgan fingerprint density at radius 1 is 1.14 bits per heavy atom. The summed E-state index contributed by atoms with van der Waals surface area (Å²) in [7, 11) is 0. The second kappa shape index (κ2) is 9.26. The van der Waals surface area contributed by atoms with Gasteiger partial charge in [0.25, 0.3) is 0 Å². The van der Waals surface area contributed by atoms with Crippen LogP contribution in [0.25, 0.3) is 0 Å². The molecule has 1 rings (SSSR count). The molecule has 3 unspecified atom stereocenters. The van der Waals surface area contributed by atoms with Crippen LogP contribution in [-0.2, 0) is 6.54 Å². The lowest BCUT2D eigenvalue weighted by Crippen LogP contribution is -2.42. The van der Waals surface area contributed by atoms with E-state index in [9.17, 15) is 10.2 Å². The van der Waals surface area contributed by atoms with E-state index in [2.05, 4.69) is 30.9 Å². The highest BCUT2D eigenvalue weighted by molar-refractivity contribution is 4.82. The Morgan fingerprint density at radius 3 is 2.41 bits per heavy atom. The van der Waals surface area contributed by atoms with Crippen molar-refractivity contribution >= 4 is 0 Å². The summed E-state index contributed by atoms with van der Waals surface area (Å²) >= 11 is 0. The van der Waals surface area contributed by atoms with Crippen LogP contribution in [0.2, 0.25) is 0 Å². The van der Waals surface area contributed by atoms with Crippen molar-refractivity contribution in [1.82, 2.24) is 14.8 Å². The van der Waals surface area contributed by atoms with E-state index < -0.39 is 11.7 Å². The zero-order chi connectivity index (χ0) is 16.6. The van der Waals surface area contributed by atoms with Gasteiger partial charge >= 0.3 is 0 Å². The molecule has 0 saturated carbocycles. The fourth-order valence-electron chi connectivity index (χ4n) is 2.69. The molecule has 5 nitrogen and oxygen atoms in total. The largest absolute Gasteiger partial charge is 0.388 e. The number of aromatic nitrogens is 3. The van der Waals surface area contributed by atoms with Crippen LogP contribution in [0.4, 0.5) is 0 Å². The van der Waals surface area contributed by atoms with Crippen molar-refractivity contribution in [2.75, 3.05) is 0 Å². The van der Waals surface area contributed by atoms with Crippen molar-refractivity contribution in [2.24, 2.45) is 11.8 Å². The van der Waals surface area contributed by atoms with Gasteiger partial charge in [0.2, 0.25) is 0 Å². The maximum atomic E-state index is 10.4. The van der Waals surface area contributed by atoms with Crippen molar-refractivity contribution in [1.29, 1.82) is 0 Å². The molecule has 3 atom stereocenters. The topological polar surface area (TPSA) is 71.2 Å². The van der Waals surface area contributed by atoms with Gasteiger partial charge in [-0.15, -0.1) is 0 Å². The fourth-order valence-corrected chi connectivity index (χ4v) is 2.69. The Balaban J connectivity index is 2.23. The van der Waals surface area contributed by atoms with Gasteiger partial charge in [0, 0.05) is 0 Å². The first-order valence-corrected chi connectivity index (χ1v) is 8.54. The van der Waals surface area contributed by atoms with E-state index in [0.717, 1.165) is 18.8 Å². The Morgan fingerprint density at radius 2 is 1.82 bits per heavy atom. The van der Waals surface area contributed by atoms with Crippen LogP contribution in [0.5, 0.6) is 0 Å². The first-order valence-electron chi connectivity index (χ1n) is 8.54. The molecular formula is C17H33N3O2. The highest BCUT2D eigenvalue weighted by atomic mass is 16.3. The molecule has 128 valence electrons. The molecule has 0 aromatic carbocycles. The van der Waals surface area contributed by atoms with E-state index in [-0.39, 0.29) is 6.54 Å². The molecule has 2 N–H and O–H groups in total. The van der Waals surface area contributed by atoms with Gasteiger partial charge in [0.15, 0.2) is 0 Å². The van der Waals surface area contributed by atoms with E-state index in [0.29, 0.717) is 12.3 Å². The van der Waals surface area contributed by atoms with Gasteiger partial charge in [-0.3, -0.25) is 4.68 Å². The number of aliphatic hydroxyl groups is 2. The lowest BCUT2D eigenvalue weighted by atomic mass is 9.89. The molecule has 0 saturated heterocycles. The molecule has 0 bridgehead atoms. The number of rotatable bonds is 11. The number of hydrogen-bond acceptors (Lipinski definition) is 4. The van der Waals surface area contributed by atoms with Gasteiger partial charge < -0.3 is 10.2 Å². The average Bonchev–Trinajstić information content (AvgIpc) is 2.90. The molecule has 0 spiro atoms. The summed E-state index contributed by atoms with van der Waals surface area (Å²) < 4.78 is 1.55. The monoisotopic (exact) mass is 311 g/mol. The minimum absolute atomic E-state index is 0.275. The Kier molecular flexibility index (Phi) is 8.04. The highest BCUT2D eigenvalue weighted by Gasteiger charge is 2.30. The zero-order valence-electron chi connectivity index (χ0n) is 14.6. The summed E-state index contributed by atoms with van der Waals surface area (Å²) in [6.07, 6.45) is 8.62.